The van der Waals surface area contributed by atoms with Gasteiger partial charge in [0.15, 0.2) is 11.5 Å². The number of benzene rings is 1. The molecule has 0 atom stereocenters. The van der Waals surface area contributed by atoms with Crippen LogP contribution in [0.25, 0.3) is 5.65 Å². The minimum atomic E-state index is -0.0144. The van der Waals surface area contributed by atoms with Gasteiger partial charge in [0.2, 0.25) is 0 Å². The van der Waals surface area contributed by atoms with E-state index in [1.54, 1.807) is 11.9 Å². The molecule has 5 heteroatoms. The van der Waals surface area contributed by atoms with Crippen LogP contribution in [0.5, 0.6) is 0 Å². The lowest BCUT2D eigenvalue weighted by molar-refractivity contribution is 0.0781. The zero-order valence-corrected chi connectivity index (χ0v) is 12.9. The molecule has 3 aromatic rings. The first-order valence-electron chi connectivity index (χ1n) is 7.17. The number of carbonyl (C=O) groups is 1. The van der Waals surface area contributed by atoms with Gasteiger partial charge in [-0.3, -0.25) is 9.20 Å². The Balaban J connectivity index is 1.84. The highest BCUT2D eigenvalue weighted by atomic mass is 16.2. The fraction of sp³-hybridized carbons (Fsp3) is 0.235. The van der Waals surface area contributed by atoms with E-state index in [0.29, 0.717) is 12.1 Å². The lowest BCUT2D eigenvalue weighted by atomic mass is 10.1. The Morgan fingerprint density at radius 2 is 1.86 bits per heavy atom. The molecule has 2 heterocycles. The van der Waals surface area contributed by atoms with Crippen molar-refractivity contribution in [1.29, 1.82) is 0 Å². The Kier molecular flexibility index (Phi) is 3.63. The van der Waals surface area contributed by atoms with Crippen LogP contribution in [0.15, 0.2) is 42.6 Å². The van der Waals surface area contributed by atoms with E-state index in [2.05, 4.69) is 16.3 Å². The molecule has 0 fully saturated rings. The second-order valence-electron chi connectivity index (χ2n) is 5.58. The van der Waals surface area contributed by atoms with Crippen LogP contribution >= 0.6 is 0 Å². The molecule has 112 valence electrons. The van der Waals surface area contributed by atoms with Gasteiger partial charge in [0, 0.05) is 18.8 Å². The van der Waals surface area contributed by atoms with Crippen molar-refractivity contribution >= 4 is 11.6 Å². The Hall–Kier alpha value is -2.69. The summed E-state index contributed by atoms with van der Waals surface area (Å²) < 4.78 is 1.89. The van der Waals surface area contributed by atoms with Gasteiger partial charge in [-0.25, -0.2) is 0 Å². The van der Waals surface area contributed by atoms with Gasteiger partial charge in [-0.05, 0) is 38.1 Å². The molecule has 0 aliphatic carbocycles. The normalized spacial score (nSPS) is 10.9. The van der Waals surface area contributed by atoms with Gasteiger partial charge in [0.1, 0.15) is 0 Å². The number of carbonyl (C=O) groups excluding carboxylic acids is 1. The van der Waals surface area contributed by atoms with Crippen molar-refractivity contribution in [1.82, 2.24) is 19.5 Å². The molecule has 0 bridgehead atoms. The molecule has 0 aliphatic heterocycles. The Morgan fingerprint density at radius 3 is 2.59 bits per heavy atom. The smallest absolute Gasteiger partial charge is 0.254 e. The zero-order chi connectivity index (χ0) is 15.7. The van der Waals surface area contributed by atoms with Gasteiger partial charge < -0.3 is 4.90 Å². The number of nitrogens with zero attached hydrogens (tertiary/aromatic N) is 4. The summed E-state index contributed by atoms with van der Waals surface area (Å²) in [6.45, 7) is 4.41. The number of hydrogen-bond acceptors (Lipinski definition) is 3. The molecule has 0 spiro atoms. The van der Waals surface area contributed by atoms with Gasteiger partial charge in [0.05, 0.1) is 6.54 Å². The average molecular weight is 294 g/mol. The molecule has 0 saturated carbocycles. The van der Waals surface area contributed by atoms with Crippen LogP contribution < -0.4 is 0 Å². The molecule has 0 unspecified atom stereocenters. The minimum Gasteiger partial charge on any atom is -0.334 e. The van der Waals surface area contributed by atoms with E-state index in [1.807, 2.05) is 54.8 Å². The minimum absolute atomic E-state index is 0.0144. The Labute approximate surface area is 129 Å². The zero-order valence-electron chi connectivity index (χ0n) is 12.9. The largest absolute Gasteiger partial charge is 0.334 e. The maximum Gasteiger partial charge on any atom is 0.254 e. The fourth-order valence-electron chi connectivity index (χ4n) is 2.60. The van der Waals surface area contributed by atoms with E-state index in [4.69, 9.17) is 0 Å². The Morgan fingerprint density at radius 1 is 1.14 bits per heavy atom. The third-order valence-corrected chi connectivity index (χ3v) is 3.58. The van der Waals surface area contributed by atoms with Crippen molar-refractivity contribution in [3.05, 3.63) is 65.1 Å². The predicted octanol–water partition coefficient (Wildman–Crippen LogP) is 2.62. The van der Waals surface area contributed by atoms with Crippen LogP contribution in [0.4, 0.5) is 0 Å². The molecule has 2 aromatic heterocycles. The summed E-state index contributed by atoms with van der Waals surface area (Å²) >= 11 is 0. The lowest BCUT2D eigenvalue weighted by Gasteiger charge is -2.17. The number of amides is 1. The highest BCUT2D eigenvalue weighted by Crippen LogP contribution is 2.13. The summed E-state index contributed by atoms with van der Waals surface area (Å²) in [5.74, 6) is 0.732. The van der Waals surface area contributed by atoms with Crippen LogP contribution in [-0.4, -0.2) is 32.5 Å². The molecular formula is C17H18N4O. The number of pyridine rings is 1. The second-order valence-corrected chi connectivity index (χ2v) is 5.58. The molecule has 0 N–H and O–H groups in total. The summed E-state index contributed by atoms with van der Waals surface area (Å²) in [6.07, 6.45) is 1.90. The maximum absolute atomic E-state index is 12.6. The van der Waals surface area contributed by atoms with Gasteiger partial charge in [-0.15, -0.1) is 10.2 Å². The maximum atomic E-state index is 12.6. The molecule has 1 aromatic carbocycles. The number of aryl methyl sites for hydroxylation is 2. The highest BCUT2D eigenvalue weighted by molar-refractivity contribution is 5.94. The molecule has 0 aliphatic rings. The van der Waals surface area contributed by atoms with Gasteiger partial charge >= 0.3 is 0 Å². The number of aromatic nitrogens is 3. The van der Waals surface area contributed by atoms with Crippen LogP contribution in [-0.2, 0) is 6.54 Å². The predicted molar refractivity (Wildman–Crippen MR) is 84.7 cm³/mol. The molecule has 0 saturated heterocycles. The standard InChI is InChI=1S/C17H18N4O/c1-12-8-13(2)10-14(9-12)17(22)20(3)11-16-19-18-15-6-4-5-7-21(15)16/h4-10H,11H2,1-3H3. The molecular weight excluding hydrogens is 276 g/mol. The van der Waals surface area contributed by atoms with Gasteiger partial charge in [-0.2, -0.15) is 0 Å². The number of rotatable bonds is 3. The summed E-state index contributed by atoms with van der Waals surface area (Å²) in [5, 5.41) is 8.27. The van der Waals surface area contributed by atoms with E-state index >= 15 is 0 Å². The van der Waals surface area contributed by atoms with Crippen molar-refractivity contribution in [3.8, 4) is 0 Å². The van der Waals surface area contributed by atoms with Crippen LogP contribution in [0, 0.1) is 13.8 Å². The van der Waals surface area contributed by atoms with E-state index in [-0.39, 0.29) is 5.91 Å². The van der Waals surface area contributed by atoms with E-state index in [0.717, 1.165) is 22.6 Å². The summed E-state index contributed by atoms with van der Waals surface area (Å²) in [6, 6.07) is 11.6. The fourth-order valence-corrected chi connectivity index (χ4v) is 2.60. The third kappa shape index (κ3) is 2.70. The van der Waals surface area contributed by atoms with Crippen molar-refractivity contribution in [2.24, 2.45) is 0 Å². The van der Waals surface area contributed by atoms with Crippen molar-refractivity contribution in [2.45, 2.75) is 20.4 Å². The first-order chi connectivity index (χ1) is 10.5. The quantitative estimate of drug-likeness (QED) is 0.746. The summed E-state index contributed by atoms with van der Waals surface area (Å²) in [5.41, 5.74) is 3.66. The average Bonchev–Trinajstić information content (AvgIpc) is 2.89. The van der Waals surface area contributed by atoms with Crippen molar-refractivity contribution in [3.63, 3.8) is 0 Å². The van der Waals surface area contributed by atoms with Crippen LogP contribution in [0.3, 0.4) is 0 Å². The second kappa shape index (κ2) is 5.60. The van der Waals surface area contributed by atoms with Crippen molar-refractivity contribution in [2.75, 3.05) is 7.05 Å². The van der Waals surface area contributed by atoms with E-state index in [1.165, 1.54) is 0 Å². The van der Waals surface area contributed by atoms with Gasteiger partial charge in [0.25, 0.3) is 5.91 Å². The summed E-state index contributed by atoms with van der Waals surface area (Å²) in [4.78, 5) is 14.2. The first kappa shape index (κ1) is 14.3. The third-order valence-electron chi connectivity index (χ3n) is 3.58. The van der Waals surface area contributed by atoms with E-state index in [9.17, 15) is 4.79 Å². The SMILES string of the molecule is Cc1cc(C)cc(C(=O)N(C)Cc2nnc3ccccn23)c1. The van der Waals surface area contributed by atoms with E-state index < -0.39 is 0 Å². The van der Waals surface area contributed by atoms with Gasteiger partial charge in [-0.1, -0.05) is 23.3 Å². The Bertz CT molecular complexity index is 817. The molecule has 0 radical (unpaired) electrons. The van der Waals surface area contributed by atoms with Crippen molar-refractivity contribution < 1.29 is 4.79 Å². The summed E-state index contributed by atoms with van der Waals surface area (Å²) in [7, 11) is 1.78. The topological polar surface area (TPSA) is 50.5 Å². The van der Waals surface area contributed by atoms with Crippen LogP contribution in [0.2, 0.25) is 0 Å². The molecule has 5 nitrogen and oxygen atoms in total. The number of hydrogen-bond donors (Lipinski definition) is 0. The molecule has 22 heavy (non-hydrogen) atoms. The lowest BCUT2D eigenvalue weighted by Crippen LogP contribution is -2.27. The monoisotopic (exact) mass is 294 g/mol. The highest BCUT2D eigenvalue weighted by Gasteiger charge is 2.15. The van der Waals surface area contributed by atoms with Crippen LogP contribution in [0.1, 0.15) is 27.3 Å². The number of fused-ring (bicyclic) bond motifs is 1. The molecule has 3 rings (SSSR count). The first-order valence-corrected chi connectivity index (χ1v) is 7.17. The molecule has 1 amide bonds.